The maximum atomic E-state index is 5.47. The summed E-state index contributed by atoms with van der Waals surface area (Å²) in [4.78, 5) is 0. The summed E-state index contributed by atoms with van der Waals surface area (Å²) >= 11 is 0. The van der Waals surface area contributed by atoms with Gasteiger partial charge in [-0.05, 0) is 18.9 Å². The molecule has 0 fully saturated rings. The van der Waals surface area contributed by atoms with Gasteiger partial charge in [0.1, 0.15) is 0 Å². The Morgan fingerprint density at radius 2 is 2.06 bits per heavy atom. The number of fused-ring (bicyclic) bond motifs is 1. The van der Waals surface area contributed by atoms with Crippen molar-refractivity contribution < 1.29 is 9.47 Å². The number of nitrogens with one attached hydrogen (secondary N) is 1. The van der Waals surface area contributed by atoms with Gasteiger partial charge in [0.25, 0.3) is 0 Å². The second-order valence-corrected chi connectivity index (χ2v) is 4.05. The molecule has 1 aromatic carbocycles. The summed E-state index contributed by atoms with van der Waals surface area (Å²) in [6.07, 6.45) is 2.31. The van der Waals surface area contributed by atoms with Crippen molar-refractivity contribution in [3.63, 3.8) is 0 Å². The Hall–Kier alpha value is -1.22. The molecule has 0 unspecified atom stereocenters. The third-order valence-electron chi connectivity index (χ3n) is 3.04. The topological polar surface area (TPSA) is 30.5 Å². The summed E-state index contributed by atoms with van der Waals surface area (Å²) in [6.45, 7) is 5.60. The van der Waals surface area contributed by atoms with Crippen LogP contribution in [0.4, 0.5) is 0 Å². The minimum absolute atomic E-state index is 0.345. The molecule has 2 rings (SSSR count). The monoisotopic (exact) mass is 221 g/mol. The van der Waals surface area contributed by atoms with E-state index >= 15 is 0 Å². The van der Waals surface area contributed by atoms with Gasteiger partial charge < -0.3 is 14.8 Å². The van der Waals surface area contributed by atoms with Crippen LogP contribution >= 0.6 is 0 Å². The fourth-order valence-electron chi connectivity index (χ4n) is 1.96. The van der Waals surface area contributed by atoms with E-state index in [1.54, 1.807) is 0 Å². The molecule has 0 amide bonds. The van der Waals surface area contributed by atoms with Crippen LogP contribution in [0.2, 0.25) is 0 Å². The lowest BCUT2D eigenvalue weighted by Gasteiger charge is -2.15. The molecule has 0 spiro atoms. The van der Waals surface area contributed by atoms with E-state index in [1.807, 2.05) is 12.1 Å². The van der Waals surface area contributed by atoms with Crippen LogP contribution in [0.5, 0.6) is 11.5 Å². The zero-order valence-electron chi connectivity index (χ0n) is 9.95. The average molecular weight is 221 g/mol. The lowest BCUT2D eigenvalue weighted by Crippen LogP contribution is -2.27. The highest BCUT2D eigenvalue weighted by Crippen LogP contribution is 2.35. The van der Waals surface area contributed by atoms with Crippen molar-refractivity contribution in [1.82, 2.24) is 5.32 Å². The highest BCUT2D eigenvalue weighted by molar-refractivity contribution is 5.48. The normalized spacial score (nSPS) is 13.4. The van der Waals surface area contributed by atoms with Crippen molar-refractivity contribution in [3.8, 4) is 11.5 Å². The first-order valence-corrected chi connectivity index (χ1v) is 5.96. The van der Waals surface area contributed by atoms with Gasteiger partial charge >= 0.3 is 0 Å². The van der Waals surface area contributed by atoms with Crippen molar-refractivity contribution in [2.24, 2.45) is 0 Å². The van der Waals surface area contributed by atoms with Gasteiger partial charge in [0.05, 0.1) is 0 Å². The van der Waals surface area contributed by atoms with Gasteiger partial charge in [-0.1, -0.05) is 26.0 Å². The minimum Gasteiger partial charge on any atom is -0.454 e. The van der Waals surface area contributed by atoms with E-state index in [2.05, 4.69) is 25.2 Å². The number of benzene rings is 1. The molecule has 1 aromatic rings. The van der Waals surface area contributed by atoms with E-state index < -0.39 is 0 Å². The van der Waals surface area contributed by atoms with Gasteiger partial charge in [0.2, 0.25) is 6.79 Å². The second kappa shape index (κ2) is 5.21. The Bertz CT molecular complexity index is 348. The van der Waals surface area contributed by atoms with Crippen LogP contribution in [0, 0.1) is 0 Å². The van der Waals surface area contributed by atoms with Gasteiger partial charge in [-0.25, -0.2) is 0 Å². The number of para-hydroxylation sites is 1. The van der Waals surface area contributed by atoms with Crippen LogP contribution in [0.3, 0.4) is 0 Å². The van der Waals surface area contributed by atoms with E-state index in [-0.39, 0.29) is 0 Å². The summed E-state index contributed by atoms with van der Waals surface area (Å²) in [5.74, 6) is 1.77. The summed E-state index contributed by atoms with van der Waals surface area (Å²) in [7, 11) is 0. The van der Waals surface area contributed by atoms with E-state index in [9.17, 15) is 0 Å². The number of hydrogen-bond donors (Lipinski definition) is 1. The van der Waals surface area contributed by atoms with Gasteiger partial charge in [0, 0.05) is 18.2 Å². The van der Waals surface area contributed by atoms with Gasteiger partial charge in [-0.2, -0.15) is 0 Å². The predicted octanol–water partition coefficient (Wildman–Crippen LogP) is 2.69. The zero-order chi connectivity index (χ0) is 11.4. The molecule has 3 nitrogen and oxygen atoms in total. The zero-order valence-corrected chi connectivity index (χ0v) is 9.95. The predicted molar refractivity (Wildman–Crippen MR) is 63.8 cm³/mol. The maximum absolute atomic E-state index is 5.47. The molecule has 88 valence electrons. The van der Waals surface area contributed by atoms with Gasteiger partial charge in [-0.3, -0.25) is 0 Å². The Kier molecular flexibility index (Phi) is 3.67. The summed E-state index contributed by atoms with van der Waals surface area (Å²) in [6, 6.07) is 6.63. The molecule has 0 atom stereocenters. The number of rotatable bonds is 5. The molecule has 1 aliphatic rings. The third kappa shape index (κ3) is 2.30. The van der Waals surface area contributed by atoms with Crippen LogP contribution < -0.4 is 14.8 Å². The fraction of sp³-hybridized carbons (Fsp3) is 0.538. The lowest BCUT2D eigenvalue weighted by molar-refractivity contribution is 0.173. The van der Waals surface area contributed by atoms with Crippen LogP contribution in [0.15, 0.2) is 18.2 Å². The molecular formula is C13H19NO2. The molecular weight excluding hydrogens is 202 g/mol. The smallest absolute Gasteiger partial charge is 0.231 e. The van der Waals surface area contributed by atoms with Crippen molar-refractivity contribution in [3.05, 3.63) is 23.8 Å². The van der Waals surface area contributed by atoms with E-state index in [0.717, 1.165) is 30.9 Å². The van der Waals surface area contributed by atoms with Crippen molar-refractivity contribution in [2.45, 2.75) is 39.3 Å². The molecule has 16 heavy (non-hydrogen) atoms. The standard InChI is InChI=1S/C13H19NO2/c1-3-11(4-2)14-8-10-6-5-7-12-13(10)16-9-15-12/h5-7,11,14H,3-4,8-9H2,1-2H3. The fourth-order valence-corrected chi connectivity index (χ4v) is 1.96. The molecule has 0 aromatic heterocycles. The van der Waals surface area contributed by atoms with Gasteiger partial charge in [0.15, 0.2) is 11.5 Å². The molecule has 1 heterocycles. The second-order valence-electron chi connectivity index (χ2n) is 4.05. The quantitative estimate of drug-likeness (QED) is 0.829. The van der Waals surface area contributed by atoms with E-state index in [1.165, 1.54) is 5.56 Å². The molecule has 1 N–H and O–H groups in total. The Morgan fingerprint density at radius 1 is 1.25 bits per heavy atom. The van der Waals surface area contributed by atoms with Crippen molar-refractivity contribution in [2.75, 3.05) is 6.79 Å². The Labute approximate surface area is 96.8 Å². The first-order chi connectivity index (χ1) is 7.85. The molecule has 0 aliphatic carbocycles. The highest BCUT2D eigenvalue weighted by atomic mass is 16.7. The number of ether oxygens (including phenoxy) is 2. The summed E-state index contributed by atoms with van der Waals surface area (Å²) in [5.41, 5.74) is 1.18. The van der Waals surface area contributed by atoms with Crippen LogP contribution in [-0.4, -0.2) is 12.8 Å². The first-order valence-electron chi connectivity index (χ1n) is 5.96. The van der Waals surface area contributed by atoms with Crippen LogP contribution in [0.25, 0.3) is 0 Å². The lowest BCUT2D eigenvalue weighted by atomic mass is 10.1. The average Bonchev–Trinajstić information content (AvgIpc) is 2.79. The molecule has 0 saturated carbocycles. The Balaban J connectivity index is 2.02. The number of hydrogen-bond acceptors (Lipinski definition) is 3. The molecule has 0 bridgehead atoms. The van der Waals surface area contributed by atoms with E-state index in [4.69, 9.17) is 9.47 Å². The maximum Gasteiger partial charge on any atom is 0.231 e. The minimum atomic E-state index is 0.345. The van der Waals surface area contributed by atoms with Crippen LogP contribution in [-0.2, 0) is 6.54 Å². The SMILES string of the molecule is CCC(CC)NCc1cccc2c1OCO2. The summed E-state index contributed by atoms with van der Waals surface area (Å²) in [5, 5.41) is 3.53. The summed E-state index contributed by atoms with van der Waals surface area (Å²) < 4.78 is 10.8. The molecule has 3 heteroatoms. The van der Waals surface area contributed by atoms with Crippen molar-refractivity contribution >= 4 is 0 Å². The third-order valence-corrected chi connectivity index (χ3v) is 3.04. The van der Waals surface area contributed by atoms with Crippen molar-refractivity contribution in [1.29, 1.82) is 0 Å². The Morgan fingerprint density at radius 3 is 2.81 bits per heavy atom. The molecule has 0 radical (unpaired) electrons. The largest absolute Gasteiger partial charge is 0.454 e. The van der Waals surface area contributed by atoms with Gasteiger partial charge in [-0.15, -0.1) is 0 Å². The van der Waals surface area contributed by atoms with E-state index in [0.29, 0.717) is 12.8 Å². The molecule has 1 aliphatic heterocycles. The van der Waals surface area contributed by atoms with Crippen LogP contribution in [0.1, 0.15) is 32.3 Å². The first kappa shape index (κ1) is 11.3. The highest BCUT2D eigenvalue weighted by Gasteiger charge is 2.17. The molecule has 0 saturated heterocycles.